The monoisotopic (exact) mass is 325 g/mol. The van der Waals surface area contributed by atoms with Gasteiger partial charge in [-0.25, -0.2) is 13.5 Å². The molecule has 0 saturated heterocycles. The number of nitrogens with zero attached hydrogens (tertiary/aromatic N) is 3. The number of benzene rings is 2. The molecule has 1 heterocycles. The summed E-state index contributed by atoms with van der Waals surface area (Å²) in [7, 11) is 1.63. The van der Waals surface area contributed by atoms with E-state index in [1.807, 2.05) is 6.07 Å². The first kappa shape index (κ1) is 15.7. The fourth-order valence-corrected chi connectivity index (χ4v) is 2.49. The standard InChI is InChI=1S/C18H13F2N3O/c1-11-16(17-14(19)4-3-5-15(17)20)18(23(2)22-11)24-13-8-6-12(10-21)7-9-13/h3-9H,1-2H3. The van der Waals surface area contributed by atoms with Crippen molar-refractivity contribution in [1.82, 2.24) is 9.78 Å². The van der Waals surface area contributed by atoms with E-state index in [1.165, 1.54) is 22.9 Å². The molecule has 24 heavy (non-hydrogen) atoms. The molecule has 0 radical (unpaired) electrons. The Balaban J connectivity index is 2.11. The first-order chi connectivity index (χ1) is 11.5. The van der Waals surface area contributed by atoms with Gasteiger partial charge in [-0.2, -0.15) is 10.4 Å². The number of ether oxygens (including phenoxy) is 1. The zero-order valence-electron chi connectivity index (χ0n) is 13.0. The maximum absolute atomic E-state index is 14.2. The zero-order chi connectivity index (χ0) is 17.3. The normalized spacial score (nSPS) is 10.5. The van der Waals surface area contributed by atoms with Crippen molar-refractivity contribution in [2.75, 3.05) is 0 Å². The van der Waals surface area contributed by atoms with Gasteiger partial charge in [0.15, 0.2) is 0 Å². The van der Waals surface area contributed by atoms with Gasteiger partial charge in [-0.1, -0.05) is 6.07 Å². The molecule has 0 bridgehead atoms. The second kappa shape index (κ2) is 6.13. The predicted octanol–water partition coefficient (Wildman–Crippen LogP) is 4.34. The smallest absolute Gasteiger partial charge is 0.225 e. The van der Waals surface area contributed by atoms with Crippen molar-refractivity contribution in [3.05, 3.63) is 65.4 Å². The second-order valence-corrected chi connectivity index (χ2v) is 5.22. The Hall–Kier alpha value is -3.20. The lowest BCUT2D eigenvalue weighted by Gasteiger charge is -2.10. The third-order valence-electron chi connectivity index (χ3n) is 3.58. The van der Waals surface area contributed by atoms with Gasteiger partial charge in [0, 0.05) is 7.05 Å². The molecule has 4 nitrogen and oxygen atoms in total. The van der Waals surface area contributed by atoms with Crippen LogP contribution in [0.25, 0.3) is 11.1 Å². The van der Waals surface area contributed by atoms with Crippen molar-refractivity contribution < 1.29 is 13.5 Å². The quantitative estimate of drug-likeness (QED) is 0.720. The van der Waals surface area contributed by atoms with Crippen molar-refractivity contribution in [3.63, 3.8) is 0 Å². The summed E-state index contributed by atoms with van der Waals surface area (Å²) in [4.78, 5) is 0. The largest absolute Gasteiger partial charge is 0.439 e. The van der Waals surface area contributed by atoms with Gasteiger partial charge in [0.1, 0.15) is 17.4 Å². The third-order valence-corrected chi connectivity index (χ3v) is 3.58. The fraction of sp³-hybridized carbons (Fsp3) is 0.111. The van der Waals surface area contributed by atoms with Crippen LogP contribution < -0.4 is 4.74 Å². The van der Waals surface area contributed by atoms with Crippen LogP contribution in [0.5, 0.6) is 11.6 Å². The van der Waals surface area contributed by atoms with Crippen LogP contribution in [-0.2, 0) is 7.05 Å². The molecular formula is C18H13F2N3O. The highest BCUT2D eigenvalue weighted by atomic mass is 19.1. The highest BCUT2D eigenvalue weighted by molar-refractivity contribution is 5.73. The summed E-state index contributed by atoms with van der Waals surface area (Å²) in [5, 5.41) is 13.0. The van der Waals surface area contributed by atoms with Crippen molar-refractivity contribution in [1.29, 1.82) is 5.26 Å². The number of hydrogen-bond donors (Lipinski definition) is 0. The Bertz CT molecular complexity index is 920. The minimum absolute atomic E-state index is 0.174. The molecule has 3 aromatic rings. The molecule has 0 aliphatic rings. The Morgan fingerprint density at radius 2 is 1.67 bits per heavy atom. The van der Waals surface area contributed by atoms with Gasteiger partial charge in [-0.05, 0) is 43.3 Å². The molecule has 0 amide bonds. The van der Waals surface area contributed by atoms with Gasteiger partial charge in [0.2, 0.25) is 5.88 Å². The van der Waals surface area contributed by atoms with E-state index in [9.17, 15) is 8.78 Å². The summed E-state index contributed by atoms with van der Waals surface area (Å²) >= 11 is 0. The topological polar surface area (TPSA) is 50.8 Å². The van der Waals surface area contributed by atoms with Gasteiger partial charge in [0.05, 0.1) is 28.5 Å². The average molecular weight is 325 g/mol. The number of nitriles is 1. The Morgan fingerprint density at radius 3 is 2.25 bits per heavy atom. The number of hydrogen-bond acceptors (Lipinski definition) is 3. The summed E-state index contributed by atoms with van der Waals surface area (Å²) < 4.78 is 35.6. The Morgan fingerprint density at radius 1 is 1.04 bits per heavy atom. The van der Waals surface area contributed by atoms with E-state index >= 15 is 0 Å². The van der Waals surface area contributed by atoms with E-state index in [1.54, 1.807) is 38.2 Å². The molecule has 0 saturated carbocycles. The molecule has 0 fully saturated rings. The Labute approximate surface area is 137 Å². The summed E-state index contributed by atoms with van der Waals surface area (Å²) in [6.07, 6.45) is 0. The van der Waals surface area contributed by atoms with Crippen LogP contribution in [0.3, 0.4) is 0 Å². The van der Waals surface area contributed by atoms with Gasteiger partial charge < -0.3 is 4.74 Å². The van der Waals surface area contributed by atoms with Crippen LogP contribution in [0.4, 0.5) is 8.78 Å². The number of halogens is 2. The number of aromatic nitrogens is 2. The predicted molar refractivity (Wildman–Crippen MR) is 84.5 cm³/mol. The molecule has 0 aliphatic heterocycles. The lowest BCUT2D eigenvalue weighted by Crippen LogP contribution is -1.97. The molecular weight excluding hydrogens is 312 g/mol. The van der Waals surface area contributed by atoms with E-state index in [0.717, 1.165) is 0 Å². The average Bonchev–Trinajstić information content (AvgIpc) is 2.83. The van der Waals surface area contributed by atoms with Crippen molar-refractivity contribution in [2.24, 2.45) is 7.05 Å². The highest BCUT2D eigenvalue weighted by Gasteiger charge is 2.23. The van der Waals surface area contributed by atoms with E-state index in [0.29, 0.717) is 17.0 Å². The lowest BCUT2D eigenvalue weighted by atomic mass is 10.0. The van der Waals surface area contributed by atoms with Crippen molar-refractivity contribution in [2.45, 2.75) is 6.92 Å². The molecule has 6 heteroatoms. The molecule has 0 N–H and O–H groups in total. The third kappa shape index (κ3) is 2.72. The first-order valence-corrected chi connectivity index (χ1v) is 7.17. The highest BCUT2D eigenvalue weighted by Crippen LogP contribution is 2.38. The van der Waals surface area contributed by atoms with Gasteiger partial charge in [-0.15, -0.1) is 0 Å². The van der Waals surface area contributed by atoms with Gasteiger partial charge in [0.25, 0.3) is 0 Å². The molecule has 0 spiro atoms. The molecule has 0 atom stereocenters. The minimum Gasteiger partial charge on any atom is -0.439 e. The summed E-state index contributed by atoms with van der Waals surface area (Å²) in [6, 6.07) is 12.1. The second-order valence-electron chi connectivity index (χ2n) is 5.22. The Kier molecular flexibility index (Phi) is 4.00. The van der Waals surface area contributed by atoms with E-state index in [2.05, 4.69) is 5.10 Å². The fourth-order valence-electron chi connectivity index (χ4n) is 2.49. The zero-order valence-corrected chi connectivity index (χ0v) is 13.0. The van der Waals surface area contributed by atoms with Crippen LogP contribution in [0.2, 0.25) is 0 Å². The van der Waals surface area contributed by atoms with Crippen LogP contribution in [0.15, 0.2) is 42.5 Å². The van der Waals surface area contributed by atoms with Gasteiger partial charge >= 0.3 is 0 Å². The molecule has 0 aliphatic carbocycles. The summed E-state index contributed by atoms with van der Waals surface area (Å²) in [6.45, 7) is 1.66. The van der Waals surface area contributed by atoms with E-state index in [4.69, 9.17) is 10.00 Å². The summed E-state index contributed by atoms with van der Waals surface area (Å²) in [5.41, 5.74) is 1.03. The minimum atomic E-state index is -0.684. The van der Waals surface area contributed by atoms with Crippen molar-refractivity contribution in [3.8, 4) is 28.8 Å². The summed E-state index contributed by atoms with van der Waals surface area (Å²) in [5.74, 6) is -0.706. The molecule has 0 unspecified atom stereocenters. The lowest BCUT2D eigenvalue weighted by molar-refractivity contribution is 0.431. The molecule has 120 valence electrons. The van der Waals surface area contributed by atoms with Crippen LogP contribution in [-0.4, -0.2) is 9.78 Å². The molecule has 2 aromatic carbocycles. The van der Waals surface area contributed by atoms with Crippen molar-refractivity contribution >= 4 is 0 Å². The molecule has 1 aromatic heterocycles. The van der Waals surface area contributed by atoms with E-state index < -0.39 is 11.6 Å². The van der Waals surface area contributed by atoms with Gasteiger partial charge in [-0.3, -0.25) is 0 Å². The maximum Gasteiger partial charge on any atom is 0.225 e. The SMILES string of the molecule is Cc1nn(C)c(Oc2ccc(C#N)cc2)c1-c1c(F)cccc1F. The first-order valence-electron chi connectivity index (χ1n) is 7.17. The molecule has 3 rings (SSSR count). The number of aryl methyl sites for hydroxylation is 2. The number of rotatable bonds is 3. The van der Waals surface area contributed by atoms with Crippen LogP contribution >= 0.6 is 0 Å². The van der Waals surface area contributed by atoms with E-state index in [-0.39, 0.29) is 17.0 Å². The van der Waals surface area contributed by atoms with Crippen LogP contribution in [0.1, 0.15) is 11.3 Å². The van der Waals surface area contributed by atoms with Crippen LogP contribution in [0, 0.1) is 29.9 Å². The maximum atomic E-state index is 14.2.